The second-order valence-corrected chi connectivity index (χ2v) is 3.38. The quantitative estimate of drug-likeness (QED) is 0.729. The summed E-state index contributed by atoms with van der Waals surface area (Å²) in [6.07, 6.45) is 0. The molecule has 0 fully saturated rings. The highest BCUT2D eigenvalue weighted by molar-refractivity contribution is 5.99. The van der Waals surface area contributed by atoms with Gasteiger partial charge in [-0.2, -0.15) is 4.98 Å². The average Bonchev–Trinajstić information content (AvgIpc) is 2.64. The summed E-state index contributed by atoms with van der Waals surface area (Å²) in [6.45, 7) is 3.03. The van der Waals surface area contributed by atoms with E-state index in [2.05, 4.69) is 10.1 Å². The number of halogens is 1. The molecule has 0 spiro atoms. The molecule has 0 amide bonds. The number of carbonyl (C=O) groups excluding carboxylic acids is 1. The fourth-order valence-electron chi connectivity index (χ4n) is 1.42. The molecule has 0 unspecified atom stereocenters. The predicted octanol–water partition coefficient (Wildman–Crippen LogP) is 2.39. The van der Waals surface area contributed by atoms with E-state index >= 15 is 0 Å². The molecule has 2 rings (SSSR count). The zero-order valence-corrected chi connectivity index (χ0v) is 8.82. The second kappa shape index (κ2) is 3.84. The Hall–Kier alpha value is -2.04. The van der Waals surface area contributed by atoms with Gasteiger partial charge in [0.2, 0.25) is 11.7 Å². The molecule has 4 nitrogen and oxygen atoms in total. The molecule has 0 aliphatic carbocycles. The molecule has 0 atom stereocenters. The van der Waals surface area contributed by atoms with Crippen molar-refractivity contribution >= 4 is 5.78 Å². The van der Waals surface area contributed by atoms with Crippen LogP contribution in [0, 0.1) is 12.7 Å². The summed E-state index contributed by atoms with van der Waals surface area (Å²) < 4.78 is 17.9. The van der Waals surface area contributed by atoms with Gasteiger partial charge in [0.1, 0.15) is 5.82 Å². The van der Waals surface area contributed by atoms with Crippen LogP contribution >= 0.6 is 0 Å². The van der Waals surface area contributed by atoms with E-state index in [4.69, 9.17) is 4.52 Å². The smallest absolute Gasteiger partial charge is 0.223 e. The Morgan fingerprint density at radius 1 is 1.44 bits per heavy atom. The molecule has 16 heavy (non-hydrogen) atoms. The third-order valence-corrected chi connectivity index (χ3v) is 2.13. The van der Waals surface area contributed by atoms with E-state index in [0.717, 1.165) is 0 Å². The Balaban J connectivity index is 2.62. The largest absolute Gasteiger partial charge is 0.339 e. The molecule has 0 bridgehead atoms. The molecule has 1 aromatic heterocycles. The van der Waals surface area contributed by atoms with Crippen molar-refractivity contribution in [3.05, 3.63) is 35.5 Å². The highest BCUT2D eigenvalue weighted by Crippen LogP contribution is 2.22. The van der Waals surface area contributed by atoms with Gasteiger partial charge in [-0.3, -0.25) is 4.79 Å². The summed E-state index contributed by atoms with van der Waals surface area (Å²) >= 11 is 0. The Morgan fingerprint density at radius 2 is 2.19 bits per heavy atom. The van der Waals surface area contributed by atoms with Gasteiger partial charge in [0.05, 0.1) is 0 Å². The summed E-state index contributed by atoms with van der Waals surface area (Å²) in [7, 11) is 0. The number of rotatable bonds is 2. The monoisotopic (exact) mass is 220 g/mol. The van der Waals surface area contributed by atoms with Crippen molar-refractivity contribution in [1.29, 1.82) is 0 Å². The van der Waals surface area contributed by atoms with E-state index in [1.54, 1.807) is 6.92 Å². The molecule has 0 aliphatic rings. The zero-order valence-electron chi connectivity index (χ0n) is 8.82. The molecular formula is C11H9FN2O2. The van der Waals surface area contributed by atoms with Gasteiger partial charge in [-0.1, -0.05) is 5.16 Å². The maximum atomic E-state index is 13.1. The lowest BCUT2D eigenvalue weighted by molar-refractivity contribution is 0.101. The van der Waals surface area contributed by atoms with E-state index in [1.165, 1.54) is 25.1 Å². The minimum atomic E-state index is -0.442. The van der Waals surface area contributed by atoms with Crippen LogP contribution in [0.4, 0.5) is 4.39 Å². The lowest BCUT2D eigenvalue weighted by Crippen LogP contribution is -1.98. The maximum absolute atomic E-state index is 13.1. The fraction of sp³-hybridized carbons (Fsp3) is 0.182. The molecule has 0 radical (unpaired) electrons. The van der Waals surface area contributed by atoms with Crippen LogP contribution in [0.3, 0.4) is 0 Å². The third kappa shape index (κ3) is 1.84. The van der Waals surface area contributed by atoms with Crippen LogP contribution in [0.25, 0.3) is 11.4 Å². The van der Waals surface area contributed by atoms with Crippen LogP contribution in [0.15, 0.2) is 22.7 Å². The third-order valence-electron chi connectivity index (χ3n) is 2.13. The van der Waals surface area contributed by atoms with E-state index < -0.39 is 5.82 Å². The van der Waals surface area contributed by atoms with Crippen LogP contribution in [-0.4, -0.2) is 15.9 Å². The van der Waals surface area contributed by atoms with Crippen molar-refractivity contribution in [2.45, 2.75) is 13.8 Å². The van der Waals surface area contributed by atoms with Gasteiger partial charge in [-0.05, 0) is 25.1 Å². The van der Waals surface area contributed by atoms with E-state index in [1.807, 2.05) is 0 Å². The van der Waals surface area contributed by atoms with Crippen molar-refractivity contribution in [3.63, 3.8) is 0 Å². The first kappa shape index (κ1) is 10.5. The minimum Gasteiger partial charge on any atom is -0.339 e. The lowest BCUT2D eigenvalue weighted by atomic mass is 10.0. The average molecular weight is 220 g/mol. The predicted molar refractivity (Wildman–Crippen MR) is 54.4 cm³/mol. The highest BCUT2D eigenvalue weighted by atomic mass is 19.1. The van der Waals surface area contributed by atoms with Gasteiger partial charge in [-0.15, -0.1) is 0 Å². The first-order valence-electron chi connectivity index (χ1n) is 4.69. The van der Waals surface area contributed by atoms with Gasteiger partial charge in [0.15, 0.2) is 5.78 Å². The number of benzene rings is 1. The fourth-order valence-corrected chi connectivity index (χ4v) is 1.42. The molecule has 82 valence electrons. The SMILES string of the molecule is CC(=O)c1ccc(F)cc1-c1noc(C)n1. The van der Waals surface area contributed by atoms with Crippen LogP contribution in [0.2, 0.25) is 0 Å². The number of aryl methyl sites for hydroxylation is 1. The molecule has 2 aromatic rings. The van der Waals surface area contributed by atoms with Crippen LogP contribution in [0.5, 0.6) is 0 Å². The van der Waals surface area contributed by atoms with Gasteiger partial charge >= 0.3 is 0 Å². The van der Waals surface area contributed by atoms with E-state index in [9.17, 15) is 9.18 Å². The topological polar surface area (TPSA) is 56.0 Å². The lowest BCUT2D eigenvalue weighted by Gasteiger charge is -2.02. The van der Waals surface area contributed by atoms with Crippen LogP contribution in [0.1, 0.15) is 23.2 Å². The summed E-state index contributed by atoms with van der Waals surface area (Å²) in [5, 5.41) is 3.67. The Kier molecular flexibility index (Phi) is 2.52. The Labute approximate surface area is 91.1 Å². The Bertz CT molecular complexity index is 549. The maximum Gasteiger partial charge on any atom is 0.223 e. The van der Waals surface area contributed by atoms with Gasteiger partial charge in [-0.25, -0.2) is 4.39 Å². The molecule has 5 heteroatoms. The molecule has 1 aromatic carbocycles. The molecular weight excluding hydrogens is 211 g/mol. The number of aromatic nitrogens is 2. The normalized spacial score (nSPS) is 10.4. The molecule has 0 aliphatic heterocycles. The summed E-state index contributed by atoms with van der Waals surface area (Å²) in [4.78, 5) is 15.3. The molecule has 0 saturated carbocycles. The highest BCUT2D eigenvalue weighted by Gasteiger charge is 2.14. The Morgan fingerprint density at radius 3 is 2.75 bits per heavy atom. The molecule has 0 saturated heterocycles. The zero-order chi connectivity index (χ0) is 11.7. The molecule has 0 N–H and O–H groups in total. The number of nitrogens with zero attached hydrogens (tertiary/aromatic N) is 2. The van der Waals surface area contributed by atoms with E-state index in [-0.39, 0.29) is 11.6 Å². The van der Waals surface area contributed by atoms with Crippen molar-refractivity contribution in [2.75, 3.05) is 0 Å². The van der Waals surface area contributed by atoms with Crippen molar-refractivity contribution in [2.24, 2.45) is 0 Å². The summed E-state index contributed by atoms with van der Waals surface area (Å²) in [5.74, 6) is -0.0177. The van der Waals surface area contributed by atoms with E-state index in [0.29, 0.717) is 17.0 Å². The van der Waals surface area contributed by atoms with Crippen LogP contribution in [-0.2, 0) is 0 Å². The van der Waals surface area contributed by atoms with Gasteiger partial charge in [0.25, 0.3) is 0 Å². The minimum absolute atomic E-state index is 0.169. The number of hydrogen-bond acceptors (Lipinski definition) is 4. The van der Waals surface area contributed by atoms with Crippen molar-refractivity contribution < 1.29 is 13.7 Å². The second-order valence-electron chi connectivity index (χ2n) is 3.38. The summed E-state index contributed by atoms with van der Waals surface area (Å²) in [6, 6.07) is 3.87. The van der Waals surface area contributed by atoms with Gasteiger partial charge in [0, 0.05) is 18.1 Å². The van der Waals surface area contributed by atoms with Crippen molar-refractivity contribution in [3.8, 4) is 11.4 Å². The number of ketones is 1. The summed E-state index contributed by atoms with van der Waals surface area (Å²) in [5.41, 5.74) is 0.728. The molecule has 1 heterocycles. The standard InChI is InChI=1S/C11H9FN2O2/c1-6(15)9-4-3-8(12)5-10(9)11-13-7(2)16-14-11/h3-5H,1-2H3. The number of hydrogen-bond donors (Lipinski definition) is 0. The van der Waals surface area contributed by atoms with Gasteiger partial charge < -0.3 is 4.52 Å². The first-order chi connectivity index (χ1) is 7.58. The van der Waals surface area contributed by atoms with Crippen molar-refractivity contribution in [1.82, 2.24) is 10.1 Å². The number of carbonyl (C=O) groups is 1. The van der Waals surface area contributed by atoms with Crippen LogP contribution < -0.4 is 0 Å². The number of Topliss-reactive ketones (excluding diaryl/α,β-unsaturated/α-hetero) is 1. The first-order valence-corrected chi connectivity index (χ1v) is 4.69.